The highest BCUT2D eigenvalue weighted by Crippen LogP contribution is 2.26. The third-order valence-corrected chi connectivity index (χ3v) is 3.01. The van der Waals surface area contributed by atoms with Gasteiger partial charge in [0.15, 0.2) is 0 Å². The van der Waals surface area contributed by atoms with Crippen molar-refractivity contribution in [2.45, 2.75) is 46.7 Å². The van der Waals surface area contributed by atoms with Crippen LogP contribution in [-0.2, 0) is 6.54 Å². The molecular formula is C15H24BrNO. The van der Waals surface area contributed by atoms with Crippen LogP contribution in [0.4, 0.5) is 0 Å². The highest BCUT2D eigenvalue weighted by atomic mass is 79.9. The van der Waals surface area contributed by atoms with E-state index in [1.165, 1.54) is 5.56 Å². The van der Waals surface area contributed by atoms with Crippen molar-refractivity contribution in [3.05, 3.63) is 28.2 Å². The minimum atomic E-state index is 0.138. The quantitative estimate of drug-likeness (QED) is 0.871. The van der Waals surface area contributed by atoms with Gasteiger partial charge in [-0.3, -0.25) is 0 Å². The molecule has 0 aliphatic carbocycles. The van der Waals surface area contributed by atoms with Crippen molar-refractivity contribution in [1.82, 2.24) is 5.32 Å². The van der Waals surface area contributed by atoms with Crippen LogP contribution in [0.25, 0.3) is 0 Å². The molecule has 0 spiro atoms. The standard InChI is InChI=1S/C15H24BrNO/c1-11(2)10-18-14-7-6-12(8-13(14)16)9-17-15(3,4)5/h6-8,11,17H,9-10H2,1-5H3. The number of ether oxygens (including phenoxy) is 1. The van der Waals surface area contributed by atoms with E-state index in [1.54, 1.807) is 0 Å². The van der Waals surface area contributed by atoms with Crippen LogP contribution in [0.15, 0.2) is 22.7 Å². The minimum absolute atomic E-state index is 0.138. The molecule has 0 aromatic heterocycles. The zero-order valence-electron chi connectivity index (χ0n) is 12.0. The second kappa shape index (κ2) is 6.58. The average molecular weight is 314 g/mol. The van der Waals surface area contributed by atoms with Gasteiger partial charge in [-0.1, -0.05) is 19.9 Å². The minimum Gasteiger partial charge on any atom is -0.492 e. The van der Waals surface area contributed by atoms with Gasteiger partial charge >= 0.3 is 0 Å². The molecule has 0 heterocycles. The fraction of sp³-hybridized carbons (Fsp3) is 0.600. The molecule has 1 N–H and O–H groups in total. The Hall–Kier alpha value is -0.540. The zero-order valence-corrected chi connectivity index (χ0v) is 13.6. The summed E-state index contributed by atoms with van der Waals surface area (Å²) < 4.78 is 6.76. The third-order valence-electron chi connectivity index (χ3n) is 2.39. The van der Waals surface area contributed by atoms with Gasteiger partial charge in [0.2, 0.25) is 0 Å². The van der Waals surface area contributed by atoms with E-state index < -0.39 is 0 Å². The molecular weight excluding hydrogens is 290 g/mol. The molecule has 1 rings (SSSR count). The van der Waals surface area contributed by atoms with Crippen LogP contribution in [0.5, 0.6) is 5.75 Å². The second-order valence-corrected chi connectivity index (χ2v) is 6.93. The molecule has 0 amide bonds. The third kappa shape index (κ3) is 5.87. The highest BCUT2D eigenvalue weighted by molar-refractivity contribution is 9.10. The number of hydrogen-bond donors (Lipinski definition) is 1. The number of rotatable bonds is 5. The van der Waals surface area contributed by atoms with Crippen molar-refractivity contribution < 1.29 is 4.74 Å². The topological polar surface area (TPSA) is 21.3 Å². The zero-order chi connectivity index (χ0) is 13.8. The Balaban J connectivity index is 2.62. The Morgan fingerprint density at radius 3 is 2.44 bits per heavy atom. The maximum Gasteiger partial charge on any atom is 0.133 e. The van der Waals surface area contributed by atoms with Crippen LogP contribution < -0.4 is 10.1 Å². The van der Waals surface area contributed by atoms with E-state index >= 15 is 0 Å². The number of benzene rings is 1. The van der Waals surface area contributed by atoms with Crippen LogP contribution in [0.3, 0.4) is 0 Å². The molecule has 0 saturated heterocycles. The smallest absolute Gasteiger partial charge is 0.133 e. The van der Waals surface area contributed by atoms with Gasteiger partial charge in [-0.2, -0.15) is 0 Å². The van der Waals surface area contributed by atoms with E-state index in [-0.39, 0.29) is 5.54 Å². The molecule has 0 unspecified atom stereocenters. The predicted molar refractivity (Wildman–Crippen MR) is 81.1 cm³/mol. The molecule has 0 atom stereocenters. The first kappa shape index (κ1) is 15.5. The Labute approximate surface area is 119 Å². The summed E-state index contributed by atoms with van der Waals surface area (Å²) in [5.41, 5.74) is 1.40. The van der Waals surface area contributed by atoms with Crippen LogP contribution in [-0.4, -0.2) is 12.1 Å². The first-order chi connectivity index (χ1) is 8.28. The second-order valence-electron chi connectivity index (χ2n) is 6.07. The first-order valence-electron chi connectivity index (χ1n) is 6.44. The SMILES string of the molecule is CC(C)COc1ccc(CNC(C)(C)C)cc1Br. The van der Waals surface area contributed by atoms with E-state index in [1.807, 2.05) is 6.07 Å². The number of hydrogen-bond acceptors (Lipinski definition) is 2. The van der Waals surface area contributed by atoms with Gasteiger partial charge in [-0.25, -0.2) is 0 Å². The van der Waals surface area contributed by atoms with E-state index in [0.29, 0.717) is 5.92 Å². The maximum absolute atomic E-state index is 5.73. The van der Waals surface area contributed by atoms with Gasteiger partial charge in [0, 0.05) is 12.1 Å². The molecule has 2 nitrogen and oxygen atoms in total. The van der Waals surface area contributed by atoms with E-state index in [0.717, 1.165) is 23.4 Å². The van der Waals surface area contributed by atoms with Gasteiger partial charge in [0.1, 0.15) is 5.75 Å². The van der Waals surface area contributed by atoms with Gasteiger partial charge in [-0.15, -0.1) is 0 Å². The molecule has 0 bridgehead atoms. The normalized spacial score (nSPS) is 11.9. The molecule has 0 fully saturated rings. The van der Waals surface area contributed by atoms with E-state index in [9.17, 15) is 0 Å². The summed E-state index contributed by atoms with van der Waals surface area (Å²) in [6.45, 7) is 12.4. The summed E-state index contributed by atoms with van der Waals surface area (Å²) >= 11 is 3.56. The fourth-order valence-corrected chi connectivity index (χ4v) is 1.94. The van der Waals surface area contributed by atoms with Crippen LogP contribution >= 0.6 is 15.9 Å². The number of halogens is 1. The van der Waals surface area contributed by atoms with Crippen molar-refractivity contribution in [3.8, 4) is 5.75 Å². The van der Waals surface area contributed by atoms with E-state index in [4.69, 9.17) is 4.74 Å². The summed E-state index contributed by atoms with van der Waals surface area (Å²) in [6, 6.07) is 6.26. The van der Waals surface area contributed by atoms with Crippen molar-refractivity contribution in [3.63, 3.8) is 0 Å². The average Bonchev–Trinajstić information content (AvgIpc) is 2.24. The summed E-state index contributed by atoms with van der Waals surface area (Å²) in [4.78, 5) is 0. The van der Waals surface area contributed by atoms with Gasteiger partial charge in [0.05, 0.1) is 11.1 Å². The Morgan fingerprint density at radius 1 is 1.28 bits per heavy atom. The monoisotopic (exact) mass is 313 g/mol. The summed E-state index contributed by atoms with van der Waals surface area (Å²) in [5.74, 6) is 1.46. The lowest BCUT2D eigenvalue weighted by Gasteiger charge is -2.21. The molecule has 102 valence electrons. The lowest BCUT2D eigenvalue weighted by Crippen LogP contribution is -2.35. The fourth-order valence-electron chi connectivity index (χ4n) is 1.40. The lowest BCUT2D eigenvalue weighted by molar-refractivity contribution is 0.269. The largest absolute Gasteiger partial charge is 0.492 e. The molecule has 0 radical (unpaired) electrons. The lowest BCUT2D eigenvalue weighted by atomic mass is 10.1. The van der Waals surface area contributed by atoms with Crippen LogP contribution in [0.1, 0.15) is 40.2 Å². The molecule has 0 aliphatic heterocycles. The molecule has 1 aromatic carbocycles. The molecule has 3 heteroatoms. The molecule has 0 aliphatic rings. The Morgan fingerprint density at radius 2 is 1.94 bits per heavy atom. The Kier molecular flexibility index (Phi) is 5.67. The van der Waals surface area contributed by atoms with Gasteiger partial charge in [0.25, 0.3) is 0 Å². The molecule has 1 aromatic rings. The van der Waals surface area contributed by atoms with Gasteiger partial charge < -0.3 is 10.1 Å². The molecule has 18 heavy (non-hydrogen) atoms. The van der Waals surface area contributed by atoms with Crippen molar-refractivity contribution >= 4 is 15.9 Å². The summed E-state index contributed by atoms with van der Waals surface area (Å²) in [5, 5.41) is 3.47. The summed E-state index contributed by atoms with van der Waals surface area (Å²) in [6.07, 6.45) is 0. The Bertz CT molecular complexity index is 383. The predicted octanol–water partition coefficient (Wildman–Crippen LogP) is 4.37. The summed E-state index contributed by atoms with van der Waals surface area (Å²) in [7, 11) is 0. The van der Waals surface area contributed by atoms with E-state index in [2.05, 4.69) is 68.0 Å². The van der Waals surface area contributed by atoms with Crippen molar-refractivity contribution in [2.75, 3.05) is 6.61 Å². The maximum atomic E-state index is 5.73. The van der Waals surface area contributed by atoms with Crippen LogP contribution in [0, 0.1) is 5.92 Å². The number of nitrogens with one attached hydrogen (secondary N) is 1. The first-order valence-corrected chi connectivity index (χ1v) is 7.23. The molecule has 0 saturated carbocycles. The highest BCUT2D eigenvalue weighted by Gasteiger charge is 2.09. The van der Waals surface area contributed by atoms with Crippen molar-refractivity contribution in [1.29, 1.82) is 0 Å². The van der Waals surface area contributed by atoms with Crippen molar-refractivity contribution in [2.24, 2.45) is 5.92 Å². The van der Waals surface area contributed by atoms with Crippen LogP contribution in [0.2, 0.25) is 0 Å². The van der Waals surface area contributed by atoms with Gasteiger partial charge in [-0.05, 0) is 60.3 Å².